The molecule has 0 spiro atoms. The maximum Gasteiger partial charge on any atom is 0.348 e. The van der Waals surface area contributed by atoms with Crippen LogP contribution in [0, 0.1) is 10.8 Å². The molecule has 0 fully saturated rings. The van der Waals surface area contributed by atoms with Crippen molar-refractivity contribution in [2.45, 2.75) is 67.9 Å². The first kappa shape index (κ1) is 26.3. The van der Waals surface area contributed by atoms with Crippen molar-refractivity contribution < 1.29 is 23.7 Å². The number of nitrogens with zero attached hydrogens (tertiary/aromatic N) is 2. The summed E-state index contributed by atoms with van der Waals surface area (Å²) in [5.41, 5.74) is 0.127. The number of aliphatic hydroxyl groups is 1. The number of anilines is 1. The van der Waals surface area contributed by atoms with E-state index < -0.39 is 19.0 Å². The first-order chi connectivity index (χ1) is 15.7. The molecule has 0 aromatic heterocycles. The number of hydrogen-bond acceptors (Lipinski definition) is 6. The van der Waals surface area contributed by atoms with Crippen molar-refractivity contribution in [3.05, 3.63) is 29.5 Å². The van der Waals surface area contributed by atoms with E-state index in [-0.39, 0.29) is 35.1 Å². The van der Waals surface area contributed by atoms with Gasteiger partial charge in [0.25, 0.3) is 5.91 Å². The number of benzene rings is 1. The van der Waals surface area contributed by atoms with E-state index in [4.69, 9.17) is 9.26 Å². The largest absolute Gasteiger partial charge is 0.509 e. The Hall–Kier alpha value is -2.31. The van der Waals surface area contributed by atoms with Crippen LogP contribution in [0.4, 0.5) is 5.69 Å². The monoisotopic (exact) mass is 491 g/mol. The van der Waals surface area contributed by atoms with E-state index in [1.807, 2.05) is 27.7 Å². The molecule has 1 amide bonds. The number of hydrogen-bond donors (Lipinski definition) is 2. The van der Waals surface area contributed by atoms with Gasteiger partial charge in [0.2, 0.25) is 0 Å². The Morgan fingerprint density at radius 3 is 2.38 bits per heavy atom. The van der Waals surface area contributed by atoms with Crippen molar-refractivity contribution in [1.82, 2.24) is 4.90 Å². The molecule has 2 atom stereocenters. The standard InChI is InChI=1S/C25H38N3O5P/c1-9-32-16-11-12-18-17(15-16)26-22(27-34(18,31)33-10-2)19-20(29)21(25(6,7)8)28(23(19)30)14-13-24(3,4)5/h11-12,15,21,29H,9-10,13-14H2,1-8H3,(H,26,27,31)/t21-,34?/m1/s1. The highest BCUT2D eigenvalue weighted by Crippen LogP contribution is 2.53. The summed E-state index contributed by atoms with van der Waals surface area (Å²) in [6.45, 7) is 17.1. The third-order valence-corrected chi connectivity index (χ3v) is 7.90. The second-order valence-electron chi connectivity index (χ2n) is 11.0. The normalized spacial score (nSPS) is 23.1. The summed E-state index contributed by atoms with van der Waals surface area (Å²) in [5.74, 6) is 0.256. The number of aliphatic hydroxyl groups excluding tert-OH is 1. The molecular weight excluding hydrogens is 453 g/mol. The maximum absolute atomic E-state index is 13.8. The minimum absolute atomic E-state index is 0.0149. The first-order valence-electron chi connectivity index (χ1n) is 11.9. The number of rotatable bonds is 7. The van der Waals surface area contributed by atoms with E-state index in [1.165, 1.54) is 0 Å². The van der Waals surface area contributed by atoms with Crippen LogP contribution in [0.1, 0.15) is 61.8 Å². The van der Waals surface area contributed by atoms with Gasteiger partial charge in [-0.25, -0.2) is 0 Å². The number of carbonyl (C=O) groups is 1. The van der Waals surface area contributed by atoms with Gasteiger partial charge in [0, 0.05) is 12.6 Å². The van der Waals surface area contributed by atoms with Crippen LogP contribution >= 0.6 is 7.52 Å². The smallest absolute Gasteiger partial charge is 0.348 e. The topological polar surface area (TPSA) is 100 Å². The van der Waals surface area contributed by atoms with Gasteiger partial charge >= 0.3 is 7.52 Å². The Morgan fingerprint density at radius 2 is 1.82 bits per heavy atom. The summed E-state index contributed by atoms with van der Waals surface area (Å²) in [7, 11) is -3.67. The summed E-state index contributed by atoms with van der Waals surface area (Å²) < 4.78 is 29.4. The number of fused-ring (bicyclic) bond motifs is 1. The lowest BCUT2D eigenvalue weighted by Crippen LogP contribution is -2.45. The van der Waals surface area contributed by atoms with Crippen molar-refractivity contribution in [3.8, 4) is 5.75 Å². The third-order valence-electron chi connectivity index (χ3n) is 5.83. The number of amides is 1. The van der Waals surface area contributed by atoms with Crippen molar-refractivity contribution in [3.63, 3.8) is 0 Å². The maximum atomic E-state index is 13.8. The molecule has 0 bridgehead atoms. The molecule has 1 unspecified atom stereocenters. The average Bonchev–Trinajstić information content (AvgIpc) is 2.95. The van der Waals surface area contributed by atoms with Crippen LogP contribution in [0.5, 0.6) is 5.75 Å². The molecule has 9 heteroatoms. The Kier molecular flexibility index (Phi) is 7.26. The molecule has 1 aromatic carbocycles. The fourth-order valence-corrected chi connectivity index (χ4v) is 6.04. The first-order valence-corrected chi connectivity index (χ1v) is 13.4. The zero-order valence-electron chi connectivity index (χ0n) is 21.6. The van der Waals surface area contributed by atoms with Gasteiger partial charge < -0.3 is 24.6 Å². The zero-order valence-corrected chi connectivity index (χ0v) is 22.5. The van der Waals surface area contributed by atoms with Gasteiger partial charge in [0.15, 0.2) is 5.84 Å². The Morgan fingerprint density at radius 1 is 1.15 bits per heavy atom. The van der Waals surface area contributed by atoms with Crippen LogP contribution in [-0.2, 0) is 13.9 Å². The lowest BCUT2D eigenvalue weighted by atomic mass is 9.84. The fraction of sp³-hybridized carbons (Fsp3) is 0.600. The molecule has 0 saturated heterocycles. The van der Waals surface area contributed by atoms with Crippen LogP contribution in [0.15, 0.2) is 34.3 Å². The van der Waals surface area contributed by atoms with Crippen LogP contribution in [0.2, 0.25) is 0 Å². The summed E-state index contributed by atoms with van der Waals surface area (Å²) in [6.07, 6.45) is 0.768. The second-order valence-corrected chi connectivity index (χ2v) is 12.9. The van der Waals surface area contributed by atoms with Crippen LogP contribution in [0.25, 0.3) is 0 Å². The number of ether oxygens (including phenoxy) is 1. The molecule has 0 saturated carbocycles. The lowest BCUT2D eigenvalue weighted by molar-refractivity contribution is -0.128. The van der Waals surface area contributed by atoms with Crippen LogP contribution < -0.4 is 15.4 Å². The van der Waals surface area contributed by atoms with Gasteiger partial charge in [-0.3, -0.25) is 9.36 Å². The Balaban J connectivity index is 2.10. The summed E-state index contributed by atoms with van der Waals surface area (Å²) in [5, 5.41) is 14.9. The van der Waals surface area contributed by atoms with Gasteiger partial charge in [-0.1, -0.05) is 41.5 Å². The van der Waals surface area contributed by atoms with Crippen molar-refractivity contribution in [2.24, 2.45) is 15.6 Å². The average molecular weight is 492 g/mol. The summed E-state index contributed by atoms with van der Waals surface area (Å²) in [6, 6.07) is 4.58. The predicted molar refractivity (Wildman–Crippen MR) is 136 cm³/mol. The van der Waals surface area contributed by atoms with Crippen LogP contribution in [-0.4, -0.2) is 47.5 Å². The predicted octanol–water partition coefficient (Wildman–Crippen LogP) is 5.27. The number of carbonyl (C=O) groups excluding carboxylic acids is 1. The minimum Gasteiger partial charge on any atom is -0.509 e. The summed E-state index contributed by atoms with van der Waals surface area (Å²) >= 11 is 0. The van der Waals surface area contributed by atoms with Crippen molar-refractivity contribution in [1.29, 1.82) is 0 Å². The quantitative estimate of drug-likeness (QED) is 0.504. The van der Waals surface area contributed by atoms with Gasteiger partial charge in [-0.15, -0.1) is 0 Å². The molecule has 3 rings (SSSR count). The van der Waals surface area contributed by atoms with E-state index >= 15 is 0 Å². The third kappa shape index (κ3) is 5.18. The second kappa shape index (κ2) is 9.38. The van der Waals surface area contributed by atoms with Crippen molar-refractivity contribution >= 4 is 30.3 Å². The molecular formula is C25H38N3O5P. The van der Waals surface area contributed by atoms with E-state index in [0.717, 1.165) is 6.42 Å². The molecule has 2 aliphatic rings. The van der Waals surface area contributed by atoms with E-state index in [9.17, 15) is 14.5 Å². The highest BCUT2D eigenvalue weighted by molar-refractivity contribution is 7.66. The molecule has 2 aliphatic heterocycles. The Labute approximate surface area is 202 Å². The van der Waals surface area contributed by atoms with E-state index in [1.54, 1.807) is 30.0 Å². The Bertz CT molecular complexity index is 1070. The highest BCUT2D eigenvalue weighted by Gasteiger charge is 2.48. The molecule has 0 aliphatic carbocycles. The molecule has 188 valence electrons. The molecule has 1 aromatic rings. The number of amidine groups is 1. The minimum atomic E-state index is -3.67. The van der Waals surface area contributed by atoms with E-state index in [2.05, 4.69) is 30.9 Å². The van der Waals surface area contributed by atoms with Gasteiger partial charge in [-0.05, 0) is 43.2 Å². The van der Waals surface area contributed by atoms with Gasteiger partial charge in [0.1, 0.15) is 17.1 Å². The van der Waals surface area contributed by atoms with Crippen LogP contribution in [0.3, 0.4) is 0 Å². The molecule has 2 N–H and O–H groups in total. The number of nitrogens with one attached hydrogen (secondary N) is 1. The highest BCUT2D eigenvalue weighted by atomic mass is 31.2. The van der Waals surface area contributed by atoms with Gasteiger partial charge in [-0.2, -0.15) is 4.76 Å². The van der Waals surface area contributed by atoms with Crippen molar-refractivity contribution in [2.75, 3.05) is 25.1 Å². The molecule has 34 heavy (non-hydrogen) atoms. The fourth-order valence-electron chi connectivity index (χ4n) is 4.28. The lowest BCUT2D eigenvalue weighted by Gasteiger charge is -2.36. The van der Waals surface area contributed by atoms with E-state index in [0.29, 0.717) is 29.9 Å². The molecule has 2 heterocycles. The van der Waals surface area contributed by atoms with Gasteiger partial charge in [0.05, 0.1) is 30.2 Å². The zero-order chi connectivity index (χ0) is 25.5. The summed E-state index contributed by atoms with van der Waals surface area (Å²) in [4.78, 5) is 15.4. The molecule has 8 nitrogen and oxygen atoms in total. The SMILES string of the molecule is CCOc1ccc2c(c1)NC(C1=C(O)[C@H](C(C)(C)C)N(CCC(C)(C)C)C1=O)=NP2(=O)OCC. The molecule has 0 radical (unpaired) electrons.